The molecule has 0 radical (unpaired) electrons. The first-order chi connectivity index (χ1) is 21.6. The predicted octanol–water partition coefficient (Wildman–Crippen LogP) is 10.8. The van der Waals surface area contributed by atoms with Crippen LogP contribution < -0.4 is 0 Å². The molecule has 0 aliphatic heterocycles. The Bertz CT molecular complexity index is 792. The number of aliphatic hydroxyl groups excluding tert-OH is 1. The second kappa shape index (κ2) is 35.1. The van der Waals surface area contributed by atoms with Gasteiger partial charge < -0.3 is 14.6 Å². The fraction of sp³-hybridized carbons (Fsp3) is 0.692. The lowest BCUT2D eigenvalue weighted by Gasteiger charge is -2.15. The minimum atomic E-state index is -0.795. The maximum absolute atomic E-state index is 12.1. The second-order valence-electron chi connectivity index (χ2n) is 11.6. The Morgan fingerprint density at radius 1 is 0.545 bits per heavy atom. The van der Waals surface area contributed by atoms with Crippen LogP contribution in [0.4, 0.5) is 0 Å². The van der Waals surface area contributed by atoms with Crippen molar-refractivity contribution in [1.29, 1.82) is 0 Å². The van der Waals surface area contributed by atoms with Crippen molar-refractivity contribution in [2.75, 3.05) is 13.2 Å². The maximum atomic E-state index is 12.1. The number of ether oxygens (including phenoxy) is 2. The van der Waals surface area contributed by atoms with Gasteiger partial charge >= 0.3 is 11.9 Å². The Morgan fingerprint density at radius 3 is 1.55 bits per heavy atom. The van der Waals surface area contributed by atoms with E-state index in [2.05, 4.69) is 74.6 Å². The Labute approximate surface area is 271 Å². The quantitative estimate of drug-likeness (QED) is 0.0478. The first-order valence-electron chi connectivity index (χ1n) is 17.8. The molecule has 1 N–H and O–H groups in total. The summed E-state index contributed by atoms with van der Waals surface area (Å²) in [4.78, 5) is 24.2. The summed E-state index contributed by atoms with van der Waals surface area (Å²) >= 11 is 0. The van der Waals surface area contributed by atoms with Gasteiger partial charge in [-0.15, -0.1) is 0 Å². The molecule has 252 valence electrons. The normalized spacial score (nSPS) is 12.9. The lowest BCUT2D eigenvalue weighted by molar-refractivity contribution is -0.161. The monoisotopic (exact) mass is 614 g/mol. The van der Waals surface area contributed by atoms with Gasteiger partial charge in [0, 0.05) is 12.8 Å². The first-order valence-corrected chi connectivity index (χ1v) is 17.8. The van der Waals surface area contributed by atoms with Crippen LogP contribution in [0.25, 0.3) is 0 Å². The lowest BCUT2D eigenvalue weighted by atomic mass is 10.1. The molecule has 0 fully saturated rings. The zero-order valence-electron chi connectivity index (χ0n) is 28.4. The molecule has 5 heteroatoms. The number of rotatable bonds is 31. The van der Waals surface area contributed by atoms with E-state index in [-0.39, 0.29) is 25.2 Å². The summed E-state index contributed by atoms with van der Waals surface area (Å²) in [5.41, 5.74) is 0. The van der Waals surface area contributed by atoms with Crippen molar-refractivity contribution >= 4 is 11.9 Å². The molecule has 0 heterocycles. The van der Waals surface area contributed by atoms with Gasteiger partial charge in [0.15, 0.2) is 6.10 Å². The topological polar surface area (TPSA) is 72.8 Å². The van der Waals surface area contributed by atoms with Gasteiger partial charge in [-0.1, -0.05) is 126 Å². The molecule has 0 spiro atoms. The maximum Gasteiger partial charge on any atom is 0.306 e. The predicted molar refractivity (Wildman–Crippen MR) is 187 cm³/mol. The van der Waals surface area contributed by atoms with E-state index in [4.69, 9.17) is 9.47 Å². The van der Waals surface area contributed by atoms with Crippen molar-refractivity contribution in [1.82, 2.24) is 0 Å². The van der Waals surface area contributed by atoms with Gasteiger partial charge in [0.05, 0.1) is 6.61 Å². The van der Waals surface area contributed by atoms with E-state index in [9.17, 15) is 14.7 Å². The van der Waals surface area contributed by atoms with Gasteiger partial charge in [-0.2, -0.15) is 0 Å². The largest absolute Gasteiger partial charge is 0.462 e. The molecule has 0 bridgehead atoms. The molecule has 0 saturated carbocycles. The number of hydrogen-bond acceptors (Lipinski definition) is 5. The summed E-state index contributed by atoms with van der Waals surface area (Å²) in [5.74, 6) is -0.650. The van der Waals surface area contributed by atoms with E-state index in [1.54, 1.807) is 0 Å². The number of esters is 2. The minimum Gasteiger partial charge on any atom is -0.462 e. The lowest BCUT2D eigenvalue weighted by Crippen LogP contribution is -2.28. The summed E-state index contributed by atoms with van der Waals surface area (Å²) < 4.78 is 10.5. The summed E-state index contributed by atoms with van der Waals surface area (Å²) in [5, 5.41) is 9.52. The Kier molecular flexibility index (Phi) is 33.2. The van der Waals surface area contributed by atoms with Gasteiger partial charge in [-0.05, 0) is 77.0 Å². The molecule has 0 aromatic heterocycles. The van der Waals surface area contributed by atoms with Crippen molar-refractivity contribution in [2.45, 2.75) is 161 Å². The van der Waals surface area contributed by atoms with E-state index in [1.807, 2.05) is 0 Å². The Hall–Kier alpha value is -2.40. The Balaban J connectivity index is 3.67. The number of carbonyl (C=O) groups is 2. The minimum absolute atomic E-state index is 0.0871. The number of unbranched alkanes of at least 4 members (excludes halogenated alkanes) is 13. The van der Waals surface area contributed by atoms with Crippen LogP contribution in [0.2, 0.25) is 0 Å². The van der Waals surface area contributed by atoms with Crippen molar-refractivity contribution in [3.63, 3.8) is 0 Å². The van der Waals surface area contributed by atoms with E-state index >= 15 is 0 Å². The summed E-state index contributed by atoms with van der Waals surface area (Å²) in [6.45, 7) is 3.95. The number of allylic oxidation sites excluding steroid dienone is 10. The van der Waals surface area contributed by atoms with E-state index < -0.39 is 6.10 Å². The highest BCUT2D eigenvalue weighted by Gasteiger charge is 2.16. The Morgan fingerprint density at radius 2 is 0.977 bits per heavy atom. The van der Waals surface area contributed by atoms with Gasteiger partial charge in [-0.25, -0.2) is 0 Å². The van der Waals surface area contributed by atoms with Gasteiger partial charge in [0.25, 0.3) is 0 Å². The molecule has 44 heavy (non-hydrogen) atoms. The molecular weight excluding hydrogens is 548 g/mol. The van der Waals surface area contributed by atoms with E-state index in [0.717, 1.165) is 64.2 Å². The van der Waals surface area contributed by atoms with E-state index in [1.165, 1.54) is 64.2 Å². The molecule has 0 aliphatic rings. The number of carbonyl (C=O) groups excluding carboxylic acids is 2. The average Bonchev–Trinajstić information content (AvgIpc) is 3.02. The van der Waals surface area contributed by atoms with Crippen LogP contribution in [-0.2, 0) is 19.1 Å². The second-order valence-corrected chi connectivity index (χ2v) is 11.6. The highest BCUT2D eigenvalue weighted by Crippen LogP contribution is 2.12. The third kappa shape index (κ3) is 32.5. The van der Waals surface area contributed by atoms with Crippen LogP contribution in [0.1, 0.15) is 155 Å². The summed E-state index contributed by atoms with van der Waals surface area (Å²) in [6.07, 6.45) is 44.2. The molecule has 0 amide bonds. The molecule has 1 atom stereocenters. The average molecular weight is 615 g/mol. The van der Waals surface area contributed by atoms with Crippen molar-refractivity contribution < 1.29 is 24.2 Å². The smallest absolute Gasteiger partial charge is 0.306 e. The molecular formula is C39H66O5. The van der Waals surface area contributed by atoms with Crippen molar-refractivity contribution in [2.24, 2.45) is 0 Å². The van der Waals surface area contributed by atoms with Gasteiger partial charge in [0.1, 0.15) is 6.61 Å². The molecule has 0 aromatic carbocycles. The highest BCUT2D eigenvalue weighted by molar-refractivity contribution is 5.70. The molecule has 0 saturated heterocycles. The van der Waals surface area contributed by atoms with Crippen LogP contribution >= 0.6 is 0 Å². The zero-order valence-corrected chi connectivity index (χ0v) is 28.4. The fourth-order valence-corrected chi connectivity index (χ4v) is 4.60. The first kappa shape index (κ1) is 41.6. The number of hydrogen-bond donors (Lipinski definition) is 1. The molecule has 0 aliphatic carbocycles. The molecule has 5 nitrogen and oxygen atoms in total. The number of aliphatic hydroxyl groups is 1. The van der Waals surface area contributed by atoms with Crippen LogP contribution in [0.5, 0.6) is 0 Å². The highest BCUT2D eigenvalue weighted by atomic mass is 16.6. The van der Waals surface area contributed by atoms with Crippen LogP contribution in [0.3, 0.4) is 0 Å². The van der Waals surface area contributed by atoms with Crippen molar-refractivity contribution in [3.05, 3.63) is 60.8 Å². The summed E-state index contributed by atoms with van der Waals surface area (Å²) in [6, 6.07) is 0. The van der Waals surface area contributed by atoms with Crippen LogP contribution in [0, 0.1) is 0 Å². The molecule has 0 unspecified atom stereocenters. The third-order valence-corrected chi connectivity index (χ3v) is 7.30. The zero-order chi connectivity index (χ0) is 32.2. The third-order valence-electron chi connectivity index (χ3n) is 7.30. The molecule has 0 aromatic rings. The summed E-state index contributed by atoms with van der Waals surface area (Å²) in [7, 11) is 0. The SMILES string of the molecule is CC/C=C/C/C=C/C/C=C/C/C=C/CCCCC(=O)O[C@@H](CO)COC(=O)CCCCCCCCC/C=C/CCCCCC. The fourth-order valence-electron chi connectivity index (χ4n) is 4.60. The van der Waals surface area contributed by atoms with E-state index in [0.29, 0.717) is 12.8 Å². The van der Waals surface area contributed by atoms with Gasteiger partial charge in [-0.3, -0.25) is 9.59 Å². The standard InChI is InChI=1S/C39H66O5/c1-3-5-7-9-11-13-15-17-19-21-23-25-27-29-31-33-38(41)43-36-37(35-40)44-39(42)34-32-30-28-26-24-22-20-18-16-14-12-10-8-6-4-2/h6,8,12-15,18,20,24,26,37,40H,3-5,7,9-11,16-17,19,21-23,25,27-36H2,1-2H3/b8-6+,14-12+,15-13+,20-18+,26-24+/t37-/m0/s1. The van der Waals surface area contributed by atoms with Crippen LogP contribution in [-0.4, -0.2) is 36.4 Å². The van der Waals surface area contributed by atoms with Crippen molar-refractivity contribution in [3.8, 4) is 0 Å². The van der Waals surface area contributed by atoms with Crippen LogP contribution in [0.15, 0.2) is 60.8 Å². The van der Waals surface area contributed by atoms with Gasteiger partial charge in [0.2, 0.25) is 0 Å². The molecule has 0 rings (SSSR count).